The summed E-state index contributed by atoms with van der Waals surface area (Å²) >= 11 is 5.31. The van der Waals surface area contributed by atoms with Crippen LogP contribution in [0.25, 0.3) is 0 Å². The predicted molar refractivity (Wildman–Crippen MR) is 83.6 cm³/mol. The third-order valence-electron chi connectivity index (χ3n) is 3.39. The van der Waals surface area contributed by atoms with Crippen LogP contribution in [0.5, 0.6) is 0 Å². The zero-order valence-electron chi connectivity index (χ0n) is 10.7. The molecule has 0 aromatic heterocycles. The van der Waals surface area contributed by atoms with E-state index < -0.39 is 0 Å². The maximum absolute atomic E-state index is 5.96. The Balaban J connectivity index is 2.00. The van der Waals surface area contributed by atoms with Crippen molar-refractivity contribution in [1.29, 1.82) is 0 Å². The van der Waals surface area contributed by atoms with Gasteiger partial charge in [0, 0.05) is 14.9 Å². The first-order valence-corrected chi connectivity index (χ1v) is 8.18. The summed E-state index contributed by atoms with van der Waals surface area (Å²) in [4.78, 5) is 1.32. The number of ether oxygens (including phenoxy) is 1. The van der Waals surface area contributed by atoms with Crippen molar-refractivity contribution in [3.63, 3.8) is 0 Å². The average molecular weight is 335 g/mol. The van der Waals surface area contributed by atoms with Crippen molar-refractivity contribution in [2.24, 2.45) is 0 Å². The van der Waals surface area contributed by atoms with Crippen LogP contribution < -0.4 is 0 Å². The monoisotopic (exact) mass is 334 g/mol. The van der Waals surface area contributed by atoms with Crippen LogP contribution in [0.1, 0.15) is 29.7 Å². The van der Waals surface area contributed by atoms with Crippen LogP contribution in [-0.2, 0) is 11.2 Å². The first-order valence-electron chi connectivity index (χ1n) is 6.40. The molecule has 0 aliphatic carbocycles. The van der Waals surface area contributed by atoms with E-state index in [1.54, 1.807) is 11.8 Å². The summed E-state index contributed by atoms with van der Waals surface area (Å²) in [5, 5.41) is 0. The molecule has 2 aromatic carbocycles. The Labute approximate surface area is 126 Å². The summed E-state index contributed by atoms with van der Waals surface area (Å²) in [6.45, 7) is 2.18. The van der Waals surface area contributed by atoms with Crippen LogP contribution in [0, 0.1) is 0 Å². The highest BCUT2D eigenvalue weighted by molar-refractivity contribution is 9.10. The molecule has 0 radical (unpaired) electrons. The highest BCUT2D eigenvalue weighted by Crippen LogP contribution is 2.40. The van der Waals surface area contributed by atoms with Gasteiger partial charge in [0.1, 0.15) is 6.10 Å². The maximum Gasteiger partial charge on any atom is 0.110 e. The lowest BCUT2D eigenvalue weighted by atomic mass is 9.99. The molecule has 3 rings (SSSR count). The van der Waals surface area contributed by atoms with Gasteiger partial charge in [-0.2, -0.15) is 0 Å². The Hall–Kier alpha value is -0.770. The first kappa shape index (κ1) is 13.2. The van der Waals surface area contributed by atoms with Gasteiger partial charge in [-0.15, -0.1) is 0 Å². The molecular weight excluding hydrogens is 320 g/mol. The molecule has 98 valence electrons. The normalized spacial score (nSPS) is 18.1. The van der Waals surface area contributed by atoms with E-state index in [4.69, 9.17) is 4.74 Å². The Kier molecular flexibility index (Phi) is 3.96. The van der Waals surface area contributed by atoms with Gasteiger partial charge in [-0.3, -0.25) is 0 Å². The van der Waals surface area contributed by atoms with Gasteiger partial charge in [-0.25, -0.2) is 0 Å². The summed E-state index contributed by atoms with van der Waals surface area (Å²) in [6, 6.07) is 15.2. The van der Waals surface area contributed by atoms with Crippen molar-refractivity contribution in [2.45, 2.75) is 24.3 Å². The van der Waals surface area contributed by atoms with E-state index in [1.807, 2.05) is 0 Å². The highest BCUT2D eigenvalue weighted by Gasteiger charge is 2.23. The molecule has 0 bridgehead atoms. The molecule has 1 aliphatic heterocycles. The Morgan fingerprint density at radius 2 is 2.00 bits per heavy atom. The minimum absolute atomic E-state index is 0.0552. The first-order chi connectivity index (χ1) is 9.28. The van der Waals surface area contributed by atoms with Gasteiger partial charge in [-0.1, -0.05) is 58.9 Å². The summed E-state index contributed by atoms with van der Waals surface area (Å²) < 4.78 is 7.07. The van der Waals surface area contributed by atoms with E-state index in [0.717, 1.165) is 16.8 Å². The molecule has 3 heteroatoms. The smallest absolute Gasteiger partial charge is 0.110 e. The zero-order chi connectivity index (χ0) is 13.2. The van der Waals surface area contributed by atoms with Crippen molar-refractivity contribution in [3.8, 4) is 0 Å². The van der Waals surface area contributed by atoms with E-state index >= 15 is 0 Å². The second kappa shape index (κ2) is 5.70. The number of thioether (sulfide) groups is 1. The van der Waals surface area contributed by atoms with E-state index in [9.17, 15) is 0 Å². The van der Waals surface area contributed by atoms with Crippen LogP contribution >= 0.6 is 27.7 Å². The van der Waals surface area contributed by atoms with Crippen LogP contribution in [0.3, 0.4) is 0 Å². The molecule has 1 atom stereocenters. The quantitative estimate of drug-likeness (QED) is 0.748. The second-order valence-corrected chi connectivity index (χ2v) is 6.47. The molecule has 0 fully saturated rings. The number of hydrogen-bond donors (Lipinski definition) is 0. The second-order valence-electron chi connectivity index (χ2n) is 4.59. The van der Waals surface area contributed by atoms with Crippen LogP contribution in [0.15, 0.2) is 51.8 Å². The standard InChI is InChI=1S/C16H15BrOS/c1-2-11-3-5-12(6-4-11)16-14-9-13(17)7-8-15(14)19-10-18-16/h3-9,16H,2,10H2,1H3. The largest absolute Gasteiger partial charge is 0.358 e. The lowest BCUT2D eigenvalue weighted by molar-refractivity contribution is 0.115. The topological polar surface area (TPSA) is 9.23 Å². The van der Waals surface area contributed by atoms with Gasteiger partial charge >= 0.3 is 0 Å². The van der Waals surface area contributed by atoms with Gasteiger partial charge < -0.3 is 4.74 Å². The predicted octanol–water partition coefficient (Wildman–Crippen LogP) is 5.18. The number of fused-ring (bicyclic) bond motifs is 1. The molecule has 19 heavy (non-hydrogen) atoms. The Morgan fingerprint density at radius 3 is 2.74 bits per heavy atom. The fourth-order valence-electron chi connectivity index (χ4n) is 2.31. The fourth-order valence-corrected chi connectivity index (χ4v) is 3.52. The number of benzene rings is 2. The van der Waals surface area contributed by atoms with Crippen LogP contribution in [0.4, 0.5) is 0 Å². The van der Waals surface area contributed by atoms with Gasteiger partial charge in [0.15, 0.2) is 0 Å². The summed E-state index contributed by atoms with van der Waals surface area (Å²) in [5.74, 6) is 0.717. The average Bonchev–Trinajstić information content (AvgIpc) is 2.47. The van der Waals surface area contributed by atoms with Gasteiger partial charge in [0.05, 0.1) is 5.94 Å². The lowest BCUT2D eigenvalue weighted by Gasteiger charge is -2.26. The lowest BCUT2D eigenvalue weighted by Crippen LogP contribution is -2.12. The number of hydrogen-bond acceptors (Lipinski definition) is 2. The minimum atomic E-state index is 0.0552. The molecule has 0 saturated carbocycles. The third-order valence-corrected chi connectivity index (χ3v) is 4.82. The van der Waals surface area contributed by atoms with Gasteiger partial charge in [0.2, 0.25) is 0 Å². The third kappa shape index (κ3) is 2.73. The Morgan fingerprint density at radius 1 is 1.21 bits per heavy atom. The maximum atomic E-state index is 5.96. The Bertz CT molecular complexity index is 580. The molecule has 1 nitrogen and oxygen atoms in total. The molecule has 0 amide bonds. The zero-order valence-corrected chi connectivity index (χ0v) is 13.1. The van der Waals surface area contributed by atoms with Gasteiger partial charge in [-0.05, 0) is 35.7 Å². The van der Waals surface area contributed by atoms with Crippen molar-refractivity contribution < 1.29 is 4.74 Å². The molecule has 0 saturated heterocycles. The van der Waals surface area contributed by atoms with Crippen molar-refractivity contribution >= 4 is 27.7 Å². The van der Waals surface area contributed by atoms with Crippen molar-refractivity contribution in [1.82, 2.24) is 0 Å². The number of aryl methyl sites for hydroxylation is 1. The summed E-state index contributed by atoms with van der Waals surface area (Å²) in [5.41, 5.74) is 3.86. The SMILES string of the molecule is CCc1ccc(C2OCSc3ccc(Br)cc32)cc1. The van der Waals surface area contributed by atoms with Crippen LogP contribution in [0.2, 0.25) is 0 Å². The van der Waals surface area contributed by atoms with Crippen molar-refractivity contribution in [3.05, 3.63) is 63.6 Å². The molecule has 0 spiro atoms. The molecule has 1 heterocycles. The van der Waals surface area contributed by atoms with Crippen molar-refractivity contribution in [2.75, 3.05) is 5.94 Å². The van der Waals surface area contributed by atoms with E-state index in [2.05, 4.69) is 65.3 Å². The fraction of sp³-hybridized carbons (Fsp3) is 0.250. The highest BCUT2D eigenvalue weighted by atomic mass is 79.9. The molecule has 2 aromatic rings. The van der Waals surface area contributed by atoms with Crippen LogP contribution in [-0.4, -0.2) is 5.94 Å². The van der Waals surface area contributed by atoms with E-state index in [0.29, 0.717) is 0 Å². The minimum Gasteiger partial charge on any atom is -0.358 e. The molecule has 0 N–H and O–H groups in total. The van der Waals surface area contributed by atoms with E-state index in [1.165, 1.54) is 21.6 Å². The number of rotatable bonds is 2. The molecule has 1 aliphatic rings. The van der Waals surface area contributed by atoms with E-state index in [-0.39, 0.29) is 6.10 Å². The number of halogens is 1. The summed E-state index contributed by atoms with van der Waals surface area (Å²) in [7, 11) is 0. The molecule has 1 unspecified atom stereocenters. The summed E-state index contributed by atoms with van der Waals surface area (Å²) in [6.07, 6.45) is 1.13. The molecular formula is C16H15BrOS. The van der Waals surface area contributed by atoms with Gasteiger partial charge in [0.25, 0.3) is 0 Å².